The molecule has 3 nitrogen and oxygen atoms in total. The highest BCUT2D eigenvalue weighted by Crippen LogP contribution is 2.17. The average molecular weight is 420 g/mol. The molecule has 0 aromatic heterocycles. The van der Waals surface area contributed by atoms with Crippen molar-refractivity contribution in [2.24, 2.45) is 0 Å². The van der Waals surface area contributed by atoms with E-state index < -0.39 is 0 Å². The number of hydrogen-bond acceptors (Lipinski definition) is 2. The van der Waals surface area contributed by atoms with Crippen LogP contribution in [-0.2, 0) is 0 Å². The van der Waals surface area contributed by atoms with Crippen molar-refractivity contribution >= 4 is 40.1 Å². The van der Waals surface area contributed by atoms with Crippen LogP contribution in [0.5, 0.6) is 5.75 Å². The van der Waals surface area contributed by atoms with Gasteiger partial charge in [-0.15, -0.1) is 0 Å². The van der Waals surface area contributed by atoms with E-state index in [-0.39, 0.29) is 11.7 Å². The molecule has 0 bridgehead atoms. The van der Waals surface area contributed by atoms with Crippen LogP contribution < -0.4 is 10.1 Å². The summed E-state index contributed by atoms with van der Waals surface area (Å²) in [4.78, 5) is 11.9. The second kappa shape index (κ2) is 7.61. The summed E-state index contributed by atoms with van der Waals surface area (Å²) in [7, 11) is 0. The molecule has 1 N–H and O–H groups in total. The van der Waals surface area contributed by atoms with Crippen molar-refractivity contribution in [3.63, 3.8) is 0 Å². The summed E-state index contributed by atoms with van der Waals surface area (Å²) >= 11 is 7.77. The Kier molecular flexibility index (Phi) is 5.81. The van der Waals surface area contributed by atoms with Gasteiger partial charge < -0.3 is 10.1 Å². The lowest BCUT2D eigenvalue weighted by Crippen LogP contribution is -2.28. The number of hydrogen-bond donors (Lipinski definition) is 1. The number of carbonyl (C=O) groups excluding carboxylic acids is 1. The third-order valence-electron chi connectivity index (χ3n) is 2.63. The van der Waals surface area contributed by atoms with Crippen LogP contribution in [0.3, 0.4) is 0 Å². The van der Waals surface area contributed by atoms with Crippen LogP contribution >= 0.6 is 34.2 Å². The summed E-state index contributed by atoms with van der Waals surface area (Å²) in [6.07, 6.45) is 0. The van der Waals surface area contributed by atoms with Crippen LogP contribution in [0.4, 0.5) is 4.39 Å². The molecule has 0 saturated heterocycles. The maximum absolute atomic E-state index is 13.0. The first-order valence-corrected chi connectivity index (χ1v) is 7.63. The third kappa shape index (κ3) is 4.86. The molecule has 0 radical (unpaired) electrons. The van der Waals surface area contributed by atoms with E-state index in [2.05, 4.69) is 5.32 Å². The Hall–Kier alpha value is -1.34. The lowest BCUT2D eigenvalue weighted by Gasteiger charge is -2.09. The van der Waals surface area contributed by atoms with Crippen molar-refractivity contribution in [2.45, 2.75) is 0 Å². The van der Waals surface area contributed by atoms with Gasteiger partial charge in [0.1, 0.15) is 18.2 Å². The predicted octanol–water partition coefficient (Wildman–Crippen LogP) is 3.89. The smallest absolute Gasteiger partial charge is 0.252 e. The molecule has 2 aromatic carbocycles. The highest BCUT2D eigenvalue weighted by molar-refractivity contribution is 14.1. The van der Waals surface area contributed by atoms with Gasteiger partial charge in [0.05, 0.1) is 12.1 Å². The maximum Gasteiger partial charge on any atom is 0.252 e. The SMILES string of the molecule is O=C(NCCOc1cccc(Cl)c1)c1ccc(F)cc1I. The summed E-state index contributed by atoms with van der Waals surface area (Å²) in [5, 5.41) is 3.31. The first kappa shape index (κ1) is 16.0. The summed E-state index contributed by atoms with van der Waals surface area (Å²) in [6.45, 7) is 0.669. The molecule has 2 aromatic rings. The quantitative estimate of drug-likeness (QED) is 0.590. The van der Waals surface area contributed by atoms with Gasteiger partial charge in [-0.1, -0.05) is 17.7 Å². The molecule has 2 rings (SSSR count). The van der Waals surface area contributed by atoms with Gasteiger partial charge in [0, 0.05) is 8.59 Å². The number of halogens is 3. The largest absolute Gasteiger partial charge is 0.492 e. The second-order valence-electron chi connectivity index (χ2n) is 4.19. The van der Waals surface area contributed by atoms with Crippen molar-refractivity contribution in [3.8, 4) is 5.75 Å². The molecule has 0 aliphatic carbocycles. The van der Waals surface area contributed by atoms with Gasteiger partial charge in [-0.05, 0) is 59.0 Å². The first-order valence-electron chi connectivity index (χ1n) is 6.18. The third-order valence-corrected chi connectivity index (χ3v) is 3.76. The highest BCUT2D eigenvalue weighted by atomic mass is 127. The van der Waals surface area contributed by atoms with E-state index in [0.29, 0.717) is 33.1 Å². The van der Waals surface area contributed by atoms with Crippen molar-refractivity contribution in [2.75, 3.05) is 13.2 Å². The molecule has 0 heterocycles. The molecule has 0 unspecified atom stereocenters. The number of rotatable bonds is 5. The Balaban J connectivity index is 1.82. The Morgan fingerprint density at radius 2 is 2.10 bits per heavy atom. The van der Waals surface area contributed by atoms with Gasteiger partial charge in [-0.2, -0.15) is 0 Å². The standard InChI is InChI=1S/C15H12ClFINO2/c16-10-2-1-3-12(8-10)21-7-6-19-15(20)13-5-4-11(17)9-14(13)18/h1-5,8-9H,6-7H2,(H,19,20). The van der Waals surface area contributed by atoms with Crippen molar-refractivity contribution in [1.82, 2.24) is 5.32 Å². The summed E-state index contributed by atoms with van der Waals surface area (Å²) in [6, 6.07) is 11.1. The van der Waals surface area contributed by atoms with Crippen LogP contribution in [-0.4, -0.2) is 19.1 Å². The van der Waals surface area contributed by atoms with Crippen LogP contribution in [0.15, 0.2) is 42.5 Å². The van der Waals surface area contributed by atoms with Gasteiger partial charge in [0.2, 0.25) is 0 Å². The molecule has 1 amide bonds. The first-order chi connectivity index (χ1) is 10.1. The van der Waals surface area contributed by atoms with Crippen LogP contribution in [0.2, 0.25) is 5.02 Å². The van der Waals surface area contributed by atoms with E-state index in [4.69, 9.17) is 16.3 Å². The number of amides is 1. The fourth-order valence-corrected chi connectivity index (χ4v) is 2.56. The van der Waals surface area contributed by atoms with Crippen LogP contribution in [0.1, 0.15) is 10.4 Å². The van der Waals surface area contributed by atoms with E-state index in [1.165, 1.54) is 18.2 Å². The highest BCUT2D eigenvalue weighted by Gasteiger charge is 2.09. The van der Waals surface area contributed by atoms with Gasteiger partial charge in [0.15, 0.2) is 0 Å². The zero-order chi connectivity index (χ0) is 15.2. The molecule has 6 heteroatoms. The zero-order valence-electron chi connectivity index (χ0n) is 10.9. The van der Waals surface area contributed by atoms with E-state index in [1.807, 2.05) is 22.6 Å². The fraction of sp³-hybridized carbons (Fsp3) is 0.133. The molecule has 21 heavy (non-hydrogen) atoms. The topological polar surface area (TPSA) is 38.3 Å². The van der Waals surface area contributed by atoms with E-state index in [0.717, 1.165) is 0 Å². The predicted molar refractivity (Wildman–Crippen MR) is 88.4 cm³/mol. The summed E-state index contributed by atoms with van der Waals surface area (Å²) in [5.74, 6) is 0.0300. The molecule has 0 aliphatic heterocycles. The minimum absolute atomic E-state index is 0.255. The molecule has 110 valence electrons. The van der Waals surface area contributed by atoms with Crippen LogP contribution in [0, 0.1) is 9.39 Å². The lowest BCUT2D eigenvalue weighted by atomic mass is 10.2. The average Bonchev–Trinajstić information content (AvgIpc) is 2.43. The number of nitrogens with one attached hydrogen (secondary N) is 1. The second-order valence-corrected chi connectivity index (χ2v) is 5.78. The van der Waals surface area contributed by atoms with Gasteiger partial charge in [-0.3, -0.25) is 4.79 Å². The molecule has 0 spiro atoms. The van der Waals surface area contributed by atoms with Gasteiger partial charge in [0.25, 0.3) is 5.91 Å². The Bertz CT molecular complexity index is 651. The minimum Gasteiger partial charge on any atom is -0.492 e. The fourth-order valence-electron chi connectivity index (χ4n) is 1.66. The van der Waals surface area contributed by atoms with Crippen molar-refractivity contribution in [1.29, 1.82) is 0 Å². The van der Waals surface area contributed by atoms with E-state index in [9.17, 15) is 9.18 Å². The molecular formula is C15H12ClFINO2. The molecule has 0 aliphatic rings. The van der Waals surface area contributed by atoms with Crippen LogP contribution in [0.25, 0.3) is 0 Å². The van der Waals surface area contributed by atoms with E-state index >= 15 is 0 Å². The Labute approximate surface area is 140 Å². The molecular weight excluding hydrogens is 408 g/mol. The summed E-state index contributed by atoms with van der Waals surface area (Å²) < 4.78 is 19.0. The lowest BCUT2D eigenvalue weighted by molar-refractivity contribution is 0.0946. The summed E-state index contributed by atoms with van der Waals surface area (Å²) in [5.41, 5.74) is 0.444. The Morgan fingerprint density at radius 1 is 1.29 bits per heavy atom. The van der Waals surface area contributed by atoms with Crippen molar-refractivity contribution in [3.05, 3.63) is 62.4 Å². The van der Waals surface area contributed by atoms with Gasteiger partial charge >= 0.3 is 0 Å². The minimum atomic E-state index is -0.361. The number of carbonyl (C=O) groups is 1. The monoisotopic (exact) mass is 419 g/mol. The van der Waals surface area contributed by atoms with E-state index in [1.54, 1.807) is 24.3 Å². The van der Waals surface area contributed by atoms with Crippen molar-refractivity contribution < 1.29 is 13.9 Å². The normalized spacial score (nSPS) is 10.2. The molecule has 0 saturated carbocycles. The number of ether oxygens (including phenoxy) is 1. The Morgan fingerprint density at radius 3 is 2.81 bits per heavy atom. The maximum atomic E-state index is 13.0. The zero-order valence-corrected chi connectivity index (χ0v) is 13.8. The number of benzene rings is 2. The van der Waals surface area contributed by atoms with Gasteiger partial charge in [-0.25, -0.2) is 4.39 Å². The molecule has 0 atom stereocenters. The molecule has 0 fully saturated rings.